The number of alkyl halides is 6. The number of fused-ring (bicyclic) bond motifs is 1. The number of amides is 1. The molecule has 0 aromatic heterocycles. The molecule has 1 aliphatic heterocycles. The van der Waals surface area contributed by atoms with Crippen LogP contribution in [0.2, 0.25) is 0 Å². The summed E-state index contributed by atoms with van der Waals surface area (Å²) >= 11 is 0. The number of benzene rings is 2. The first-order chi connectivity index (χ1) is 12.5. The van der Waals surface area contributed by atoms with Gasteiger partial charge in [0.1, 0.15) is 6.04 Å². The number of carbonyl (C=O) groups excluding carboxylic acids is 1. The minimum atomic E-state index is -5.09. The van der Waals surface area contributed by atoms with Crippen LogP contribution in [0.3, 0.4) is 0 Å². The van der Waals surface area contributed by atoms with Crippen LogP contribution in [0.25, 0.3) is 0 Å². The first-order valence-electron chi connectivity index (χ1n) is 7.51. The van der Waals surface area contributed by atoms with Gasteiger partial charge in [0.25, 0.3) is 0 Å². The summed E-state index contributed by atoms with van der Waals surface area (Å²) in [4.78, 5) is 15.6. The van der Waals surface area contributed by atoms with Crippen molar-refractivity contribution < 1.29 is 31.1 Å². The molecule has 2 aromatic carbocycles. The van der Waals surface area contributed by atoms with E-state index < -0.39 is 46.8 Å². The van der Waals surface area contributed by atoms with E-state index in [9.17, 15) is 31.1 Å². The topological polar surface area (TPSA) is 67.5 Å². The van der Waals surface area contributed by atoms with E-state index in [1.807, 2.05) is 0 Å². The minimum Gasteiger partial charge on any atom is -0.368 e. The third kappa shape index (κ3) is 3.60. The zero-order valence-electron chi connectivity index (χ0n) is 13.3. The maximum Gasteiger partial charge on any atom is 0.418 e. The summed E-state index contributed by atoms with van der Waals surface area (Å²) in [6.07, 6.45) is -10.1. The van der Waals surface area contributed by atoms with Crippen molar-refractivity contribution in [2.75, 3.05) is 5.32 Å². The number of nitrogens with one attached hydrogen (secondary N) is 1. The number of hydrogen-bond acceptors (Lipinski definition) is 3. The molecule has 2 aromatic rings. The molecule has 4 nitrogen and oxygen atoms in total. The van der Waals surface area contributed by atoms with E-state index in [1.54, 1.807) is 18.2 Å². The van der Waals surface area contributed by atoms with Gasteiger partial charge in [0.2, 0.25) is 5.91 Å². The number of rotatable bonds is 2. The highest BCUT2D eigenvalue weighted by Crippen LogP contribution is 2.46. The molecular weight excluding hydrogens is 376 g/mol. The van der Waals surface area contributed by atoms with Crippen molar-refractivity contribution >= 4 is 23.0 Å². The van der Waals surface area contributed by atoms with Crippen LogP contribution in [0.4, 0.5) is 37.7 Å². The molecule has 1 heterocycles. The van der Waals surface area contributed by atoms with E-state index in [2.05, 4.69) is 10.3 Å². The smallest absolute Gasteiger partial charge is 0.368 e. The Bertz CT molecular complexity index is 919. The lowest BCUT2D eigenvalue weighted by Crippen LogP contribution is -2.44. The second-order valence-electron chi connectivity index (χ2n) is 5.76. The highest BCUT2D eigenvalue weighted by molar-refractivity contribution is 6.20. The van der Waals surface area contributed by atoms with Gasteiger partial charge in [-0.1, -0.05) is 30.3 Å². The Morgan fingerprint density at radius 2 is 1.63 bits per heavy atom. The standard InChI is InChI=1S/C17H11F6N3O/c18-16(19,20)9-6-10(17(21,22)23)13-11(7-9)25-14(15(24)27)12(26-13)8-4-2-1-3-5-8/h1-7,14,25H,(H2,24,27). The number of primary amides is 1. The average Bonchev–Trinajstić information content (AvgIpc) is 2.58. The average molecular weight is 387 g/mol. The van der Waals surface area contributed by atoms with Gasteiger partial charge in [0, 0.05) is 0 Å². The highest BCUT2D eigenvalue weighted by Gasteiger charge is 2.42. The van der Waals surface area contributed by atoms with Crippen molar-refractivity contribution in [3.05, 3.63) is 59.2 Å². The Balaban J connectivity index is 2.29. The van der Waals surface area contributed by atoms with Gasteiger partial charge >= 0.3 is 12.4 Å². The number of halogens is 6. The molecule has 0 aliphatic carbocycles. The summed E-state index contributed by atoms with van der Waals surface area (Å²) < 4.78 is 79.1. The van der Waals surface area contributed by atoms with Crippen LogP contribution in [0.1, 0.15) is 16.7 Å². The van der Waals surface area contributed by atoms with Gasteiger partial charge in [-0.2, -0.15) is 26.3 Å². The maximum absolute atomic E-state index is 13.4. The number of aliphatic imine (C=N–C) groups is 1. The van der Waals surface area contributed by atoms with E-state index in [1.165, 1.54) is 12.1 Å². The molecule has 1 aliphatic rings. The Hall–Kier alpha value is -3.04. The van der Waals surface area contributed by atoms with Gasteiger partial charge < -0.3 is 11.1 Å². The predicted octanol–water partition coefficient (Wildman–Crippen LogP) is 4.12. The molecule has 27 heavy (non-hydrogen) atoms. The number of nitrogens with zero attached hydrogens (tertiary/aromatic N) is 1. The summed E-state index contributed by atoms with van der Waals surface area (Å²) in [7, 11) is 0. The molecule has 1 atom stereocenters. The van der Waals surface area contributed by atoms with E-state index in [0.717, 1.165) is 0 Å². The second kappa shape index (κ2) is 6.29. The predicted molar refractivity (Wildman–Crippen MR) is 85.7 cm³/mol. The van der Waals surface area contributed by atoms with Gasteiger partial charge in [0.15, 0.2) is 0 Å². The van der Waals surface area contributed by atoms with Crippen molar-refractivity contribution in [2.24, 2.45) is 10.7 Å². The van der Waals surface area contributed by atoms with E-state index in [0.29, 0.717) is 11.6 Å². The zero-order chi connectivity index (χ0) is 20.0. The second-order valence-corrected chi connectivity index (χ2v) is 5.76. The first kappa shape index (κ1) is 18.7. The molecule has 0 saturated heterocycles. The van der Waals surface area contributed by atoms with Crippen molar-refractivity contribution in [3.63, 3.8) is 0 Å². The third-order valence-electron chi connectivity index (χ3n) is 3.90. The van der Waals surface area contributed by atoms with E-state index in [4.69, 9.17) is 5.73 Å². The fourth-order valence-corrected chi connectivity index (χ4v) is 2.70. The first-order valence-corrected chi connectivity index (χ1v) is 7.51. The minimum absolute atomic E-state index is 0.00276. The van der Waals surface area contributed by atoms with Gasteiger partial charge in [-0.3, -0.25) is 4.79 Å². The SMILES string of the molecule is NC(=O)C1Nc2cc(C(F)(F)F)cc(C(F)(F)F)c2N=C1c1ccccc1. The largest absolute Gasteiger partial charge is 0.418 e. The van der Waals surface area contributed by atoms with Crippen LogP contribution in [-0.2, 0) is 17.1 Å². The number of hydrogen-bond donors (Lipinski definition) is 2. The van der Waals surface area contributed by atoms with Crippen molar-refractivity contribution in [1.29, 1.82) is 0 Å². The molecule has 0 saturated carbocycles. The van der Waals surface area contributed by atoms with Crippen LogP contribution < -0.4 is 11.1 Å². The highest BCUT2D eigenvalue weighted by atomic mass is 19.4. The van der Waals surface area contributed by atoms with Gasteiger partial charge in [-0.15, -0.1) is 0 Å². The Morgan fingerprint density at radius 3 is 2.15 bits per heavy atom. The van der Waals surface area contributed by atoms with Crippen LogP contribution in [-0.4, -0.2) is 17.7 Å². The Labute approximate surface area is 148 Å². The lowest BCUT2D eigenvalue weighted by Gasteiger charge is -2.28. The molecular formula is C17H11F6N3O. The quantitative estimate of drug-likeness (QED) is 0.762. The summed E-state index contributed by atoms with van der Waals surface area (Å²) in [5.74, 6) is -0.991. The molecule has 1 unspecified atom stereocenters. The molecule has 10 heteroatoms. The van der Waals surface area contributed by atoms with E-state index >= 15 is 0 Å². The summed E-state index contributed by atoms with van der Waals surface area (Å²) in [5, 5.41) is 2.36. The van der Waals surface area contributed by atoms with Crippen LogP contribution >= 0.6 is 0 Å². The monoisotopic (exact) mass is 387 g/mol. The van der Waals surface area contributed by atoms with Crippen LogP contribution in [0, 0.1) is 0 Å². The molecule has 3 rings (SSSR count). The number of nitrogens with two attached hydrogens (primary N) is 1. The van der Waals surface area contributed by atoms with Crippen molar-refractivity contribution in [1.82, 2.24) is 0 Å². The summed E-state index contributed by atoms with van der Waals surface area (Å²) in [6, 6.07) is 6.88. The lowest BCUT2D eigenvalue weighted by atomic mass is 9.97. The van der Waals surface area contributed by atoms with E-state index in [-0.39, 0.29) is 11.8 Å². The zero-order valence-corrected chi connectivity index (χ0v) is 13.3. The normalized spacial score (nSPS) is 17.0. The molecule has 142 valence electrons. The molecule has 0 spiro atoms. The summed E-state index contributed by atoms with van der Waals surface area (Å²) in [5.41, 5.74) is 1.11. The number of carbonyl (C=O) groups is 1. The van der Waals surface area contributed by atoms with Gasteiger partial charge in [-0.05, 0) is 17.7 Å². The fraction of sp³-hybridized carbons (Fsp3) is 0.176. The van der Waals surface area contributed by atoms with Crippen molar-refractivity contribution in [2.45, 2.75) is 18.4 Å². The summed E-state index contributed by atoms with van der Waals surface area (Å²) in [6.45, 7) is 0. The molecule has 0 fully saturated rings. The molecule has 0 bridgehead atoms. The van der Waals surface area contributed by atoms with Crippen LogP contribution in [0.15, 0.2) is 47.5 Å². The van der Waals surface area contributed by atoms with Crippen molar-refractivity contribution in [3.8, 4) is 0 Å². The maximum atomic E-state index is 13.4. The molecule has 3 N–H and O–H groups in total. The lowest BCUT2D eigenvalue weighted by molar-refractivity contribution is -0.142. The molecule has 0 radical (unpaired) electrons. The van der Waals surface area contributed by atoms with Gasteiger partial charge in [0.05, 0.1) is 28.2 Å². The fourth-order valence-electron chi connectivity index (χ4n) is 2.70. The van der Waals surface area contributed by atoms with Crippen LogP contribution in [0.5, 0.6) is 0 Å². The Kier molecular flexibility index (Phi) is 4.37. The third-order valence-corrected chi connectivity index (χ3v) is 3.90. The van der Waals surface area contributed by atoms with Gasteiger partial charge in [-0.25, -0.2) is 4.99 Å². The number of anilines is 1. The molecule has 1 amide bonds. The Morgan fingerprint density at radius 1 is 1.00 bits per heavy atom.